The lowest BCUT2D eigenvalue weighted by molar-refractivity contribution is 0.997. The van der Waals surface area contributed by atoms with Crippen molar-refractivity contribution in [2.24, 2.45) is 0 Å². The molecule has 0 aromatic carbocycles. The van der Waals surface area contributed by atoms with Crippen molar-refractivity contribution < 1.29 is 0 Å². The lowest BCUT2D eigenvalue weighted by atomic mass is 10.0. The van der Waals surface area contributed by atoms with Crippen molar-refractivity contribution in [3.05, 3.63) is 23.3 Å². The molecule has 0 radical (unpaired) electrons. The summed E-state index contributed by atoms with van der Waals surface area (Å²) < 4.78 is 0. The van der Waals surface area contributed by atoms with E-state index in [0.29, 0.717) is 0 Å². The van der Waals surface area contributed by atoms with E-state index in [2.05, 4.69) is 26.0 Å². The fourth-order valence-corrected chi connectivity index (χ4v) is 1.20. The highest BCUT2D eigenvalue weighted by Gasteiger charge is 2.05. The Kier molecular flexibility index (Phi) is 1.97. The highest BCUT2D eigenvalue weighted by Crippen LogP contribution is 2.20. The number of alkyl halides is 1. The quantitative estimate of drug-likeness (QED) is 0.457. The van der Waals surface area contributed by atoms with Crippen LogP contribution in [0, 0.1) is 0 Å². The third kappa shape index (κ3) is 1.59. The van der Waals surface area contributed by atoms with Gasteiger partial charge in [-0.2, -0.15) is 0 Å². The molecule has 1 rings (SSSR count). The molecule has 0 saturated heterocycles. The maximum Gasteiger partial charge on any atom is 0.0556 e. The Labute approximate surface area is 61.2 Å². The summed E-state index contributed by atoms with van der Waals surface area (Å²) in [7, 11) is 0. The largest absolute Gasteiger partial charge is 0.118 e. The average Bonchev–Trinajstić information content (AvgIpc) is 1.80. The van der Waals surface area contributed by atoms with Crippen LogP contribution in [0.3, 0.4) is 0 Å². The van der Waals surface area contributed by atoms with Crippen LogP contribution >= 0.6 is 11.6 Å². The van der Waals surface area contributed by atoms with Crippen LogP contribution in [0.2, 0.25) is 0 Å². The molecular weight excluding hydrogens is 132 g/mol. The lowest BCUT2D eigenvalue weighted by Crippen LogP contribution is -1.99. The molecule has 1 aliphatic carbocycles. The van der Waals surface area contributed by atoms with E-state index in [1.54, 1.807) is 0 Å². The second-order valence-corrected chi connectivity index (χ2v) is 3.05. The van der Waals surface area contributed by atoms with E-state index in [0.717, 1.165) is 6.42 Å². The Balaban J connectivity index is 2.75. The van der Waals surface area contributed by atoms with Gasteiger partial charge in [0.05, 0.1) is 5.38 Å². The van der Waals surface area contributed by atoms with Gasteiger partial charge in [-0.1, -0.05) is 23.3 Å². The number of hydrogen-bond donors (Lipinski definition) is 0. The molecule has 0 aromatic rings. The summed E-state index contributed by atoms with van der Waals surface area (Å²) in [6.07, 6.45) is 5.29. The van der Waals surface area contributed by atoms with Crippen molar-refractivity contribution >= 4 is 11.6 Å². The third-order valence-electron chi connectivity index (χ3n) is 1.70. The molecule has 0 spiro atoms. The Morgan fingerprint density at radius 3 is 2.56 bits per heavy atom. The molecule has 1 aliphatic rings. The van der Waals surface area contributed by atoms with Crippen LogP contribution in [-0.2, 0) is 0 Å². The molecule has 50 valence electrons. The molecule has 0 aliphatic heterocycles. The second kappa shape index (κ2) is 2.57. The van der Waals surface area contributed by atoms with Gasteiger partial charge in [-0.15, -0.1) is 11.6 Å². The van der Waals surface area contributed by atoms with Crippen molar-refractivity contribution in [3.8, 4) is 0 Å². The lowest BCUT2D eigenvalue weighted by Gasteiger charge is -2.11. The van der Waals surface area contributed by atoms with Crippen molar-refractivity contribution in [2.75, 3.05) is 0 Å². The zero-order valence-electron chi connectivity index (χ0n) is 5.82. The average molecular weight is 143 g/mol. The smallest absolute Gasteiger partial charge is 0.0556 e. The standard InChI is InChI=1S/C8H11Cl/c1-6-3-4-8(9)5-7(6)2/h3,5,8H,4H2,1-2H3. The fraction of sp³-hybridized carbons (Fsp3) is 0.500. The van der Waals surface area contributed by atoms with Gasteiger partial charge in [0, 0.05) is 0 Å². The zero-order valence-corrected chi connectivity index (χ0v) is 6.57. The summed E-state index contributed by atoms with van der Waals surface area (Å²) in [6, 6.07) is 0. The van der Waals surface area contributed by atoms with Gasteiger partial charge in [0.15, 0.2) is 0 Å². The summed E-state index contributed by atoms with van der Waals surface area (Å²) >= 11 is 5.86. The number of rotatable bonds is 0. The Morgan fingerprint density at radius 2 is 2.11 bits per heavy atom. The maximum absolute atomic E-state index is 5.86. The van der Waals surface area contributed by atoms with Gasteiger partial charge in [-0.25, -0.2) is 0 Å². The number of hydrogen-bond acceptors (Lipinski definition) is 0. The maximum atomic E-state index is 5.86. The molecule has 0 aromatic heterocycles. The summed E-state index contributed by atoms with van der Waals surface area (Å²) in [5.41, 5.74) is 2.69. The van der Waals surface area contributed by atoms with Crippen molar-refractivity contribution in [1.82, 2.24) is 0 Å². The van der Waals surface area contributed by atoms with Crippen LogP contribution in [0.25, 0.3) is 0 Å². The van der Waals surface area contributed by atoms with Gasteiger partial charge in [-0.3, -0.25) is 0 Å². The first kappa shape index (κ1) is 6.88. The molecule has 1 heteroatoms. The predicted molar refractivity (Wildman–Crippen MR) is 41.8 cm³/mol. The summed E-state index contributed by atoms with van der Waals surface area (Å²) in [5.74, 6) is 0. The van der Waals surface area contributed by atoms with Crippen molar-refractivity contribution in [1.29, 1.82) is 0 Å². The number of halogens is 1. The molecule has 9 heavy (non-hydrogen) atoms. The molecule has 0 nitrogen and oxygen atoms in total. The first-order chi connectivity index (χ1) is 4.20. The summed E-state index contributed by atoms with van der Waals surface area (Å²) in [4.78, 5) is 0. The highest BCUT2D eigenvalue weighted by atomic mass is 35.5. The minimum atomic E-state index is 0.230. The normalized spacial score (nSPS) is 27.2. The molecule has 0 N–H and O–H groups in total. The molecule has 0 bridgehead atoms. The van der Waals surface area contributed by atoms with Crippen LogP contribution in [0.4, 0.5) is 0 Å². The topological polar surface area (TPSA) is 0 Å². The number of allylic oxidation sites excluding steroid dienone is 4. The zero-order chi connectivity index (χ0) is 6.85. The Morgan fingerprint density at radius 1 is 1.44 bits per heavy atom. The molecule has 0 amide bonds. The fourth-order valence-electron chi connectivity index (χ4n) is 0.921. The minimum Gasteiger partial charge on any atom is -0.118 e. The van der Waals surface area contributed by atoms with Gasteiger partial charge in [0.2, 0.25) is 0 Å². The van der Waals surface area contributed by atoms with Crippen LogP contribution in [0.5, 0.6) is 0 Å². The molecule has 1 atom stereocenters. The van der Waals surface area contributed by atoms with Crippen LogP contribution in [0.1, 0.15) is 20.3 Å². The third-order valence-corrected chi connectivity index (χ3v) is 2.01. The van der Waals surface area contributed by atoms with Crippen molar-refractivity contribution in [2.45, 2.75) is 25.6 Å². The molecule has 1 unspecified atom stereocenters. The van der Waals surface area contributed by atoms with Crippen LogP contribution in [0.15, 0.2) is 23.3 Å². The SMILES string of the molecule is CC1=CCC(Cl)C=C1C. The van der Waals surface area contributed by atoms with Gasteiger partial charge < -0.3 is 0 Å². The Bertz CT molecular complexity index is 165. The van der Waals surface area contributed by atoms with Gasteiger partial charge >= 0.3 is 0 Å². The van der Waals surface area contributed by atoms with E-state index in [9.17, 15) is 0 Å². The molecule has 0 fully saturated rings. The van der Waals surface area contributed by atoms with Crippen LogP contribution < -0.4 is 0 Å². The molecule has 0 heterocycles. The highest BCUT2D eigenvalue weighted by molar-refractivity contribution is 6.22. The second-order valence-electron chi connectivity index (χ2n) is 2.49. The van der Waals surface area contributed by atoms with E-state index in [4.69, 9.17) is 11.6 Å². The molecular formula is C8H11Cl. The minimum absolute atomic E-state index is 0.230. The Hall–Kier alpha value is -0.230. The summed E-state index contributed by atoms with van der Waals surface area (Å²) in [6.45, 7) is 4.22. The van der Waals surface area contributed by atoms with E-state index in [-0.39, 0.29) is 5.38 Å². The predicted octanol–water partition coefficient (Wildman–Crippen LogP) is 2.89. The van der Waals surface area contributed by atoms with Gasteiger partial charge in [-0.05, 0) is 20.3 Å². The summed E-state index contributed by atoms with van der Waals surface area (Å²) in [5, 5.41) is 0.230. The molecule has 0 saturated carbocycles. The van der Waals surface area contributed by atoms with Crippen LogP contribution in [-0.4, -0.2) is 5.38 Å². The van der Waals surface area contributed by atoms with Gasteiger partial charge in [0.1, 0.15) is 0 Å². The van der Waals surface area contributed by atoms with E-state index in [1.807, 2.05) is 0 Å². The van der Waals surface area contributed by atoms with E-state index >= 15 is 0 Å². The van der Waals surface area contributed by atoms with E-state index in [1.165, 1.54) is 11.1 Å². The first-order valence-electron chi connectivity index (χ1n) is 3.20. The van der Waals surface area contributed by atoms with Crippen molar-refractivity contribution in [3.63, 3.8) is 0 Å². The van der Waals surface area contributed by atoms with E-state index < -0.39 is 0 Å². The van der Waals surface area contributed by atoms with Gasteiger partial charge in [0.25, 0.3) is 0 Å². The monoisotopic (exact) mass is 142 g/mol. The first-order valence-corrected chi connectivity index (χ1v) is 3.63.